The van der Waals surface area contributed by atoms with Gasteiger partial charge in [-0.05, 0) is 67.4 Å². The first-order chi connectivity index (χ1) is 16.2. The Balaban J connectivity index is 1.55. The Morgan fingerprint density at radius 1 is 0.970 bits per heavy atom. The summed E-state index contributed by atoms with van der Waals surface area (Å²) in [4.78, 5) is 16.7. The van der Waals surface area contributed by atoms with Gasteiger partial charge in [-0.3, -0.25) is 14.3 Å². The number of anilines is 1. The molecule has 2 heterocycles. The molecule has 1 N–H and O–H groups in total. The predicted octanol–water partition coefficient (Wildman–Crippen LogP) is 5.02. The fraction of sp³-hybridized carbons (Fsp3) is 0.200. The van der Waals surface area contributed by atoms with Crippen LogP contribution in [0.1, 0.15) is 19.4 Å². The van der Waals surface area contributed by atoms with Crippen molar-refractivity contribution in [3.8, 4) is 22.8 Å². The third kappa shape index (κ3) is 5.59. The number of hydrogen-bond donors (Lipinski definition) is 1. The van der Waals surface area contributed by atoms with Gasteiger partial charge in [0.05, 0.1) is 12.4 Å². The van der Waals surface area contributed by atoms with Crippen LogP contribution in [0.25, 0.3) is 17.1 Å². The third-order valence-corrected chi connectivity index (χ3v) is 5.89. The zero-order chi connectivity index (χ0) is 23.0. The van der Waals surface area contributed by atoms with E-state index in [1.165, 1.54) is 17.3 Å². The minimum Gasteiger partial charge on any atom is -0.494 e. The molecule has 0 aliphatic rings. The van der Waals surface area contributed by atoms with E-state index in [1.54, 1.807) is 12.4 Å². The van der Waals surface area contributed by atoms with Crippen molar-refractivity contribution in [3.63, 3.8) is 0 Å². The normalized spacial score (nSPS) is 10.7. The van der Waals surface area contributed by atoms with Gasteiger partial charge in [0.15, 0.2) is 11.0 Å². The molecule has 4 aromatic rings. The number of aryl methyl sites for hydroxylation is 1. The van der Waals surface area contributed by atoms with Crippen LogP contribution >= 0.6 is 11.8 Å². The molecule has 0 aliphatic carbocycles. The molecule has 7 nitrogen and oxygen atoms in total. The van der Waals surface area contributed by atoms with Crippen molar-refractivity contribution >= 4 is 23.4 Å². The molecule has 2 aromatic heterocycles. The molecule has 0 fully saturated rings. The highest BCUT2D eigenvalue weighted by atomic mass is 32.2. The number of nitrogens with zero attached hydrogens (tertiary/aromatic N) is 4. The van der Waals surface area contributed by atoms with Gasteiger partial charge in [-0.25, -0.2) is 0 Å². The SMILES string of the molecule is CCOc1ccc(-n2c(SCC(=O)Nc3ccc(CC)cc3)nnc2-c2ccncc2)cc1. The molecule has 0 aliphatic heterocycles. The van der Waals surface area contributed by atoms with Gasteiger partial charge in [-0.15, -0.1) is 10.2 Å². The van der Waals surface area contributed by atoms with Crippen LogP contribution in [0.5, 0.6) is 5.75 Å². The number of benzene rings is 2. The summed E-state index contributed by atoms with van der Waals surface area (Å²) in [6, 6.07) is 19.4. The quantitative estimate of drug-likeness (QED) is 0.354. The lowest BCUT2D eigenvalue weighted by atomic mass is 10.1. The molecule has 168 valence electrons. The molecule has 0 saturated carbocycles. The Bertz CT molecular complexity index is 1190. The first kappa shape index (κ1) is 22.5. The topological polar surface area (TPSA) is 81.9 Å². The first-order valence-corrected chi connectivity index (χ1v) is 11.8. The van der Waals surface area contributed by atoms with E-state index in [0.29, 0.717) is 17.6 Å². The van der Waals surface area contributed by atoms with E-state index in [0.717, 1.165) is 29.1 Å². The average molecular weight is 460 g/mol. The maximum atomic E-state index is 12.6. The number of ether oxygens (including phenoxy) is 1. The monoisotopic (exact) mass is 459 g/mol. The number of nitrogens with one attached hydrogen (secondary N) is 1. The van der Waals surface area contributed by atoms with Gasteiger partial charge in [0, 0.05) is 29.3 Å². The molecule has 0 unspecified atom stereocenters. The van der Waals surface area contributed by atoms with Gasteiger partial charge in [0.25, 0.3) is 0 Å². The highest BCUT2D eigenvalue weighted by Crippen LogP contribution is 2.28. The van der Waals surface area contributed by atoms with Gasteiger partial charge < -0.3 is 10.1 Å². The zero-order valence-electron chi connectivity index (χ0n) is 18.6. The van der Waals surface area contributed by atoms with E-state index >= 15 is 0 Å². The van der Waals surface area contributed by atoms with Crippen molar-refractivity contribution in [2.75, 3.05) is 17.7 Å². The highest BCUT2D eigenvalue weighted by Gasteiger charge is 2.17. The Morgan fingerprint density at radius 3 is 2.36 bits per heavy atom. The summed E-state index contributed by atoms with van der Waals surface area (Å²) in [5.74, 6) is 1.58. The Labute approximate surface area is 197 Å². The molecule has 0 saturated heterocycles. The number of amides is 1. The minimum absolute atomic E-state index is 0.101. The van der Waals surface area contributed by atoms with Crippen LogP contribution in [0, 0.1) is 0 Å². The van der Waals surface area contributed by atoms with Crippen molar-refractivity contribution < 1.29 is 9.53 Å². The van der Waals surface area contributed by atoms with E-state index in [4.69, 9.17) is 4.74 Å². The van der Waals surface area contributed by atoms with Crippen molar-refractivity contribution in [1.82, 2.24) is 19.7 Å². The van der Waals surface area contributed by atoms with Gasteiger partial charge in [-0.1, -0.05) is 30.8 Å². The molecule has 2 aromatic carbocycles. The molecule has 8 heteroatoms. The Morgan fingerprint density at radius 2 is 1.70 bits per heavy atom. The van der Waals surface area contributed by atoms with Gasteiger partial charge in [0.1, 0.15) is 5.75 Å². The lowest BCUT2D eigenvalue weighted by Gasteiger charge is -2.11. The summed E-state index contributed by atoms with van der Waals surface area (Å²) in [6.45, 7) is 4.66. The van der Waals surface area contributed by atoms with Crippen molar-refractivity contribution in [1.29, 1.82) is 0 Å². The zero-order valence-corrected chi connectivity index (χ0v) is 19.4. The van der Waals surface area contributed by atoms with Crippen molar-refractivity contribution in [2.45, 2.75) is 25.4 Å². The van der Waals surface area contributed by atoms with Gasteiger partial charge in [0.2, 0.25) is 5.91 Å². The summed E-state index contributed by atoms with van der Waals surface area (Å²) in [5, 5.41) is 12.3. The van der Waals surface area contributed by atoms with Crippen LogP contribution in [0.3, 0.4) is 0 Å². The smallest absolute Gasteiger partial charge is 0.234 e. The fourth-order valence-corrected chi connectivity index (χ4v) is 4.05. The average Bonchev–Trinajstić information content (AvgIpc) is 3.28. The lowest BCUT2D eigenvalue weighted by molar-refractivity contribution is -0.113. The van der Waals surface area contributed by atoms with Crippen LogP contribution in [0.2, 0.25) is 0 Å². The second-order valence-corrected chi connectivity index (χ2v) is 8.13. The van der Waals surface area contributed by atoms with E-state index < -0.39 is 0 Å². The Kier molecular flexibility index (Phi) is 7.36. The van der Waals surface area contributed by atoms with E-state index in [1.807, 2.05) is 72.2 Å². The second kappa shape index (κ2) is 10.8. The van der Waals surface area contributed by atoms with Crippen LogP contribution in [0.15, 0.2) is 78.2 Å². The van der Waals surface area contributed by atoms with E-state index in [9.17, 15) is 4.79 Å². The van der Waals surface area contributed by atoms with Crippen LogP contribution in [-0.2, 0) is 11.2 Å². The maximum absolute atomic E-state index is 12.6. The molecule has 4 rings (SSSR count). The van der Waals surface area contributed by atoms with Gasteiger partial charge in [-0.2, -0.15) is 0 Å². The number of rotatable bonds is 9. The predicted molar refractivity (Wildman–Crippen MR) is 131 cm³/mol. The standard InChI is InChI=1S/C25H25N5O2S/c1-3-18-5-7-20(8-6-18)27-23(31)17-33-25-29-28-24(19-13-15-26-16-14-19)30(25)21-9-11-22(12-10-21)32-4-2/h5-16H,3-4,17H2,1-2H3,(H,27,31). The van der Waals surface area contributed by atoms with Crippen molar-refractivity contribution in [3.05, 3.63) is 78.6 Å². The molecular weight excluding hydrogens is 434 g/mol. The minimum atomic E-state index is -0.101. The van der Waals surface area contributed by atoms with E-state index in [2.05, 4.69) is 27.4 Å². The summed E-state index contributed by atoms with van der Waals surface area (Å²) in [5.41, 5.74) is 3.78. The molecule has 33 heavy (non-hydrogen) atoms. The molecular formula is C25H25N5O2S. The second-order valence-electron chi connectivity index (χ2n) is 7.19. The molecule has 0 atom stereocenters. The molecule has 1 amide bonds. The summed E-state index contributed by atoms with van der Waals surface area (Å²) >= 11 is 1.34. The fourth-order valence-electron chi connectivity index (χ4n) is 3.29. The van der Waals surface area contributed by atoms with Crippen molar-refractivity contribution in [2.24, 2.45) is 0 Å². The number of thioether (sulfide) groups is 1. The lowest BCUT2D eigenvalue weighted by Crippen LogP contribution is -2.14. The van der Waals surface area contributed by atoms with E-state index in [-0.39, 0.29) is 11.7 Å². The molecule has 0 radical (unpaired) electrons. The molecule has 0 spiro atoms. The Hall–Kier alpha value is -3.65. The van der Waals surface area contributed by atoms with Crippen LogP contribution < -0.4 is 10.1 Å². The third-order valence-electron chi connectivity index (χ3n) is 4.96. The number of carbonyl (C=O) groups excluding carboxylic acids is 1. The maximum Gasteiger partial charge on any atom is 0.234 e. The number of aromatic nitrogens is 4. The number of hydrogen-bond acceptors (Lipinski definition) is 6. The summed E-state index contributed by atoms with van der Waals surface area (Å²) < 4.78 is 7.51. The van der Waals surface area contributed by atoms with Crippen LogP contribution in [0.4, 0.5) is 5.69 Å². The van der Waals surface area contributed by atoms with Crippen LogP contribution in [-0.4, -0.2) is 38.0 Å². The van der Waals surface area contributed by atoms with Gasteiger partial charge >= 0.3 is 0 Å². The highest BCUT2D eigenvalue weighted by molar-refractivity contribution is 7.99. The largest absolute Gasteiger partial charge is 0.494 e. The first-order valence-electron chi connectivity index (χ1n) is 10.8. The number of pyridine rings is 1. The summed E-state index contributed by atoms with van der Waals surface area (Å²) in [6.07, 6.45) is 4.40. The number of carbonyl (C=O) groups is 1. The summed E-state index contributed by atoms with van der Waals surface area (Å²) in [7, 11) is 0. The molecule has 0 bridgehead atoms.